The Labute approximate surface area is 110 Å². The molecular formula is C14H25N3O. The summed E-state index contributed by atoms with van der Waals surface area (Å²) in [7, 11) is 1.99. The van der Waals surface area contributed by atoms with Gasteiger partial charge in [0.05, 0.1) is 24.4 Å². The van der Waals surface area contributed by atoms with Crippen LogP contribution in [0.1, 0.15) is 36.7 Å². The Kier molecular flexibility index (Phi) is 4.40. The normalized spacial score (nSPS) is 23.8. The second kappa shape index (κ2) is 5.85. The summed E-state index contributed by atoms with van der Waals surface area (Å²) < 4.78 is 8.01. The van der Waals surface area contributed by atoms with Crippen LogP contribution in [0.3, 0.4) is 0 Å². The van der Waals surface area contributed by atoms with E-state index in [0.717, 1.165) is 31.6 Å². The molecule has 4 heteroatoms. The van der Waals surface area contributed by atoms with Gasteiger partial charge in [0.25, 0.3) is 0 Å². The van der Waals surface area contributed by atoms with Crippen molar-refractivity contribution in [3.05, 3.63) is 17.0 Å². The van der Waals surface area contributed by atoms with Crippen molar-refractivity contribution in [1.82, 2.24) is 15.1 Å². The largest absolute Gasteiger partial charge is 0.373 e. The molecule has 1 fully saturated rings. The molecule has 18 heavy (non-hydrogen) atoms. The fourth-order valence-electron chi connectivity index (χ4n) is 2.74. The van der Waals surface area contributed by atoms with Crippen molar-refractivity contribution in [2.75, 3.05) is 13.6 Å². The fourth-order valence-corrected chi connectivity index (χ4v) is 2.74. The number of aromatic nitrogens is 2. The second-order valence-corrected chi connectivity index (χ2v) is 5.33. The number of hydrogen-bond donors (Lipinski definition) is 1. The first-order valence-electron chi connectivity index (χ1n) is 6.94. The number of aryl methyl sites for hydroxylation is 1. The van der Waals surface area contributed by atoms with Crippen LogP contribution < -0.4 is 5.32 Å². The molecular weight excluding hydrogens is 226 g/mol. The quantitative estimate of drug-likeness (QED) is 0.868. The van der Waals surface area contributed by atoms with E-state index >= 15 is 0 Å². The van der Waals surface area contributed by atoms with E-state index < -0.39 is 0 Å². The van der Waals surface area contributed by atoms with E-state index in [1.54, 1.807) is 0 Å². The Morgan fingerprint density at radius 2 is 2.17 bits per heavy atom. The maximum atomic E-state index is 5.88. The van der Waals surface area contributed by atoms with Gasteiger partial charge in [0.2, 0.25) is 0 Å². The standard InChI is InChI=1S/C14H25N3O/c1-10-5-6-13(18-10)9-17-12(3)14(7-8-15-4)11(2)16-17/h10,13,15H,5-9H2,1-4H3. The Morgan fingerprint density at radius 1 is 1.39 bits per heavy atom. The molecule has 1 saturated heterocycles. The lowest BCUT2D eigenvalue weighted by atomic mass is 10.1. The number of nitrogens with one attached hydrogen (secondary N) is 1. The van der Waals surface area contributed by atoms with Gasteiger partial charge in [-0.05, 0) is 59.2 Å². The van der Waals surface area contributed by atoms with Crippen LogP contribution in [-0.2, 0) is 17.7 Å². The SMILES string of the molecule is CNCCc1c(C)nn(CC2CCC(C)O2)c1C. The molecule has 0 radical (unpaired) electrons. The Balaban J connectivity index is 2.04. The van der Waals surface area contributed by atoms with E-state index in [0.29, 0.717) is 12.2 Å². The Bertz CT molecular complexity index is 400. The van der Waals surface area contributed by atoms with E-state index in [2.05, 4.69) is 35.9 Å². The van der Waals surface area contributed by atoms with Crippen LogP contribution >= 0.6 is 0 Å². The molecule has 4 nitrogen and oxygen atoms in total. The smallest absolute Gasteiger partial charge is 0.0775 e. The lowest BCUT2D eigenvalue weighted by molar-refractivity contribution is 0.0433. The molecule has 1 N–H and O–H groups in total. The summed E-state index contributed by atoms with van der Waals surface area (Å²) in [5.41, 5.74) is 3.84. The van der Waals surface area contributed by atoms with Crippen LogP contribution in [-0.4, -0.2) is 35.6 Å². The van der Waals surface area contributed by atoms with Crippen LogP contribution in [0.15, 0.2) is 0 Å². The highest BCUT2D eigenvalue weighted by Gasteiger charge is 2.23. The summed E-state index contributed by atoms with van der Waals surface area (Å²) in [6.45, 7) is 8.33. The third-order valence-electron chi connectivity index (χ3n) is 3.85. The lowest BCUT2D eigenvalue weighted by Crippen LogP contribution is -2.18. The molecule has 2 unspecified atom stereocenters. The predicted molar refractivity (Wildman–Crippen MR) is 72.9 cm³/mol. The lowest BCUT2D eigenvalue weighted by Gasteiger charge is -2.12. The van der Waals surface area contributed by atoms with Crippen molar-refractivity contribution in [1.29, 1.82) is 0 Å². The van der Waals surface area contributed by atoms with Gasteiger partial charge in [0.1, 0.15) is 0 Å². The number of hydrogen-bond acceptors (Lipinski definition) is 3. The fraction of sp³-hybridized carbons (Fsp3) is 0.786. The van der Waals surface area contributed by atoms with Gasteiger partial charge in [-0.1, -0.05) is 0 Å². The molecule has 0 amide bonds. The van der Waals surface area contributed by atoms with Gasteiger partial charge in [-0.25, -0.2) is 0 Å². The predicted octanol–water partition coefficient (Wildman–Crippen LogP) is 1.83. The minimum absolute atomic E-state index is 0.343. The molecule has 1 aromatic rings. The van der Waals surface area contributed by atoms with Crippen molar-refractivity contribution >= 4 is 0 Å². The molecule has 1 aliphatic rings. The molecule has 0 aromatic carbocycles. The number of rotatable bonds is 5. The maximum Gasteiger partial charge on any atom is 0.0775 e. The molecule has 2 atom stereocenters. The van der Waals surface area contributed by atoms with E-state index in [-0.39, 0.29) is 0 Å². The van der Waals surface area contributed by atoms with Crippen LogP contribution in [0.25, 0.3) is 0 Å². The highest BCUT2D eigenvalue weighted by atomic mass is 16.5. The van der Waals surface area contributed by atoms with Crippen molar-refractivity contribution in [3.63, 3.8) is 0 Å². The van der Waals surface area contributed by atoms with Crippen molar-refractivity contribution in [2.24, 2.45) is 0 Å². The average Bonchev–Trinajstić information content (AvgIpc) is 2.84. The third-order valence-corrected chi connectivity index (χ3v) is 3.85. The van der Waals surface area contributed by atoms with Gasteiger partial charge in [-0.2, -0.15) is 5.10 Å². The van der Waals surface area contributed by atoms with Crippen LogP contribution in [0, 0.1) is 13.8 Å². The van der Waals surface area contributed by atoms with Crippen LogP contribution in [0.2, 0.25) is 0 Å². The Morgan fingerprint density at radius 3 is 2.78 bits per heavy atom. The number of likely N-dealkylation sites (N-methyl/N-ethyl adjacent to an activating group) is 1. The van der Waals surface area contributed by atoms with Gasteiger partial charge >= 0.3 is 0 Å². The van der Waals surface area contributed by atoms with E-state index in [1.165, 1.54) is 17.7 Å². The van der Waals surface area contributed by atoms with E-state index in [1.807, 2.05) is 7.05 Å². The van der Waals surface area contributed by atoms with Gasteiger partial charge in [-0.3, -0.25) is 4.68 Å². The number of ether oxygens (including phenoxy) is 1. The summed E-state index contributed by atoms with van der Waals surface area (Å²) in [5.74, 6) is 0. The average molecular weight is 251 g/mol. The van der Waals surface area contributed by atoms with Gasteiger partial charge < -0.3 is 10.1 Å². The maximum absolute atomic E-state index is 5.88. The monoisotopic (exact) mass is 251 g/mol. The minimum Gasteiger partial charge on any atom is -0.373 e. The van der Waals surface area contributed by atoms with Gasteiger partial charge in [0.15, 0.2) is 0 Å². The first-order chi connectivity index (χ1) is 8.61. The van der Waals surface area contributed by atoms with Crippen molar-refractivity contribution in [2.45, 2.75) is 58.8 Å². The van der Waals surface area contributed by atoms with Crippen molar-refractivity contribution in [3.8, 4) is 0 Å². The summed E-state index contributed by atoms with van der Waals surface area (Å²) in [5, 5.41) is 7.86. The highest BCUT2D eigenvalue weighted by Crippen LogP contribution is 2.22. The molecule has 0 saturated carbocycles. The summed E-state index contributed by atoms with van der Waals surface area (Å²) in [4.78, 5) is 0. The molecule has 2 heterocycles. The summed E-state index contributed by atoms with van der Waals surface area (Å²) >= 11 is 0. The van der Waals surface area contributed by atoms with Crippen molar-refractivity contribution < 1.29 is 4.74 Å². The second-order valence-electron chi connectivity index (χ2n) is 5.33. The number of nitrogens with zero attached hydrogens (tertiary/aromatic N) is 2. The van der Waals surface area contributed by atoms with Crippen LogP contribution in [0.4, 0.5) is 0 Å². The molecule has 1 aliphatic heterocycles. The molecule has 102 valence electrons. The van der Waals surface area contributed by atoms with E-state index in [9.17, 15) is 0 Å². The zero-order chi connectivity index (χ0) is 13.1. The first-order valence-corrected chi connectivity index (χ1v) is 6.94. The summed E-state index contributed by atoms with van der Waals surface area (Å²) in [6.07, 6.45) is 4.14. The van der Waals surface area contributed by atoms with Crippen LogP contribution in [0.5, 0.6) is 0 Å². The van der Waals surface area contributed by atoms with Gasteiger partial charge in [-0.15, -0.1) is 0 Å². The molecule has 0 aliphatic carbocycles. The topological polar surface area (TPSA) is 39.1 Å². The van der Waals surface area contributed by atoms with Gasteiger partial charge in [0, 0.05) is 5.69 Å². The highest BCUT2D eigenvalue weighted by molar-refractivity contribution is 5.24. The zero-order valence-electron chi connectivity index (χ0n) is 12.0. The zero-order valence-corrected chi connectivity index (χ0v) is 12.0. The van der Waals surface area contributed by atoms with E-state index in [4.69, 9.17) is 4.74 Å². The molecule has 2 rings (SSSR count). The minimum atomic E-state index is 0.343. The first kappa shape index (κ1) is 13.6. The molecule has 0 spiro atoms. The molecule has 1 aromatic heterocycles. The molecule has 0 bridgehead atoms. The third kappa shape index (κ3) is 2.93. The Hall–Kier alpha value is -0.870. The summed E-state index contributed by atoms with van der Waals surface area (Å²) in [6, 6.07) is 0.